The highest BCUT2D eigenvalue weighted by molar-refractivity contribution is 7.98. The standard InChI is InChI=1S/C22H20ClN5OS2/c1-3-27(15(2)29)21-24-18(13-30-21)14-31-22-26-25-20(16-9-11-17(23)12-10-16)28(22)19-7-5-4-6-8-19/h4-13H,3,14H2,1-2H3. The van der Waals surface area contributed by atoms with Gasteiger partial charge in [0.15, 0.2) is 16.1 Å². The second kappa shape index (κ2) is 9.64. The van der Waals surface area contributed by atoms with Gasteiger partial charge in [-0.15, -0.1) is 21.5 Å². The van der Waals surface area contributed by atoms with Gasteiger partial charge in [-0.25, -0.2) is 4.98 Å². The summed E-state index contributed by atoms with van der Waals surface area (Å²) in [6, 6.07) is 17.6. The number of benzene rings is 2. The second-order valence-corrected chi connectivity index (χ2v) is 8.87. The van der Waals surface area contributed by atoms with Gasteiger partial charge in [0.2, 0.25) is 5.91 Å². The summed E-state index contributed by atoms with van der Waals surface area (Å²) < 4.78 is 2.04. The van der Waals surface area contributed by atoms with E-state index in [1.165, 1.54) is 11.3 Å². The first-order chi connectivity index (χ1) is 15.1. The highest BCUT2D eigenvalue weighted by Crippen LogP contribution is 2.31. The van der Waals surface area contributed by atoms with E-state index in [9.17, 15) is 4.79 Å². The third-order valence-corrected chi connectivity index (χ3v) is 6.69. The highest BCUT2D eigenvalue weighted by Gasteiger charge is 2.18. The lowest BCUT2D eigenvalue weighted by Gasteiger charge is -2.14. The number of hydrogen-bond donors (Lipinski definition) is 0. The minimum absolute atomic E-state index is 0.00696. The maximum absolute atomic E-state index is 11.8. The fraction of sp³-hybridized carbons (Fsp3) is 0.182. The van der Waals surface area contributed by atoms with E-state index in [4.69, 9.17) is 11.6 Å². The molecule has 2 aromatic carbocycles. The lowest BCUT2D eigenvalue weighted by atomic mass is 10.2. The minimum Gasteiger partial charge on any atom is -0.289 e. The van der Waals surface area contributed by atoms with Crippen molar-refractivity contribution in [3.05, 3.63) is 70.7 Å². The molecule has 0 saturated carbocycles. The lowest BCUT2D eigenvalue weighted by molar-refractivity contribution is -0.116. The fourth-order valence-corrected chi connectivity index (χ4v) is 5.09. The summed E-state index contributed by atoms with van der Waals surface area (Å²) in [4.78, 5) is 18.1. The fourth-order valence-electron chi connectivity index (χ4n) is 3.08. The molecule has 0 aliphatic rings. The number of rotatable bonds is 7. The molecular weight excluding hydrogens is 450 g/mol. The summed E-state index contributed by atoms with van der Waals surface area (Å²) in [6.45, 7) is 4.10. The number of para-hydroxylation sites is 1. The average molecular weight is 470 g/mol. The number of hydrogen-bond acceptors (Lipinski definition) is 6. The molecule has 0 bridgehead atoms. The number of halogens is 1. The third kappa shape index (κ3) is 4.81. The lowest BCUT2D eigenvalue weighted by Crippen LogP contribution is -2.27. The Hall–Kier alpha value is -2.68. The highest BCUT2D eigenvalue weighted by atomic mass is 35.5. The molecule has 0 saturated heterocycles. The monoisotopic (exact) mass is 469 g/mol. The van der Waals surface area contributed by atoms with Gasteiger partial charge in [0.05, 0.1) is 5.69 Å². The van der Waals surface area contributed by atoms with Crippen molar-refractivity contribution in [1.82, 2.24) is 19.7 Å². The third-order valence-electron chi connectivity index (χ3n) is 4.57. The summed E-state index contributed by atoms with van der Waals surface area (Å²) in [5.74, 6) is 1.36. The number of nitrogens with zero attached hydrogens (tertiary/aromatic N) is 5. The zero-order valence-corrected chi connectivity index (χ0v) is 19.4. The van der Waals surface area contributed by atoms with Crippen molar-refractivity contribution in [3.63, 3.8) is 0 Å². The summed E-state index contributed by atoms with van der Waals surface area (Å²) >= 11 is 9.09. The predicted octanol–water partition coefficient (Wildman–Crippen LogP) is 5.71. The van der Waals surface area contributed by atoms with Gasteiger partial charge in [-0.2, -0.15) is 0 Å². The van der Waals surface area contributed by atoms with Crippen LogP contribution >= 0.6 is 34.7 Å². The van der Waals surface area contributed by atoms with Crippen molar-refractivity contribution < 1.29 is 4.79 Å². The molecule has 0 atom stereocenters. The molecule has 4 aromatic rings. The van der Waals surface area contributed by atoms with Crippen molar-refractivity contribution in [2.24, 2.45) is 0 Å². The molecule has 158 valence electrons. The Balaban J connectivity index is 1.63. The molecule has 0 spiro atoms. The number of thiazole rings is 1. The van der Waals surface area contributed by atoms with E-state index in [1.807, 2.05) is 71.5 Å². The normalized spacial score (nSPS) is 10.9. The molecule has 0 N–H and O–H groups in total. The summed E-state index contributed by atoms with van der Waals surface area (Å²) in [5, 5.41) is 13.0. The number of carbonyl (C=O) groups excluding carboxylic acids is 1. The van der Waals surface area contributed by atoms with Gasteiger partial charge >= 0.3 is 0 Å². The van der Waals surface area contributed by atoms with Crippen LogP contribution in [-0.2, 0) is 10.5 Å². The Labute approximate surface area is 193 Å². The summed E-state index contributed by atoms with van der Waals surface area (Å²) in [7, 11) is 0. The van der Waals surface area contributed by atoms with E-state index in [-0.39, 0.29) is 5.91 Å². The molecule has 31 heavy (non-hydrogen) atoms. The van der Waals surface area contributed by atoms with E-state index in [2.05, 4.69) is 15.2 Å². The smallest absolute Gasteiger partial charge is 0.225 e. The van der Waals surface area contributed by atoms with Gasteiger partial charge in [-0.1, -0.05) is 41.6 Å². The molecule has 0 unspecified atom stereocenters. The SMILES string of the molecule is CCN(C(C)=O)c1nc(CSc2nnc(-c3ccc(Cl)cc3)n2-c2ccccc2)cs1. The molecule has 0 fully saturated rings. The van der Waals surface area contributed by atoms with E-state index < -0.39 is 0 Å². The zero-order chi connectivity index (χ0) is 21.8. The van der Waals surface area contributed by atoms with Crippen LogP contribution in [0, 0.1) is 0 Å². The Morgan fingerprint density at radius 3 is 2.55 bits per heavy atom. The van der Waals surface area contributed by atoms with Crippen LogP contribution in [0.5, 0.6) is 0 Å². The Morgan fingerprint density at radius 2 is 1.87 bits per heavy atom. The second-order valence-electron chi connectivity index (χ2n) is 6.66. The molecule has 2 heterocycles. The molecule has 0 radical (unpaired) electrons. The van der Waals surface area contributed by atoms with Crippen molar-refractivity contribution in [3.8, 4) is 17.1 Å². The van der Waals surface area contributed by atoms with E-state index in [0.717, 1.165) is 33.1 Å². The largest absolute Gasteiger partial charge is 0.289 e. The van der Waals surface area contributed by atoms with Crippen LogP contribution in [0.4, 0.5) is 5.13 Å². The molecule has 4 rings (SSSR count). The van der Waals surface area contributed by atoms with Gasteiger partial charge in [-0.05, 0) is 43.3 Å². The number of amides is 1. The first-order valence-corrected chi connectivity index (χ1v) is 11.9. The topological polar surface area (TPSA) is 63.9 Å². The van der Waals surface area contributed by atoms with Gasteiger partial charge in [0.25, 0.3) is 0 Å². The first kappa shape index (κ1) is 21.5. The van der Waals surface area contributed by atoms with Crippen molar-refractivity contribution in [1.29, 1.82) is 0 Å². The molecule has 2 aromatic heterocycles. The van der Waals surface area contributed by atoms with Crippen molar-refractivity contribution in [2.75, 3.05) is 11.4 Å². The molecule has 6 nitrogen and oxygen atoms in total. The van der Waals surface area contributed by atoms with E-state index in [0.29, 0.717) is 17.3 Å². The van der Waals surface area contributed by atoms with Crippen molar-refractivity contribution >= 4 is 45.7 Å². The molecule has 1 amide bonds. The van der Waals surface area contributed by atoms with Gasteiger partial charge in [0, 0.05) is 40.9 Å². The number of aromatic nitrogens is 4. The number of anilines is 1. The number of thioether (sulfide) groups is 1. The Bertz CT molecular complexity index is 1170. The van der Waals surface area contributed by atoms with Crippen LogP contribution in [-0.4, -0.2) is 32.2 Å². The molecule has 0 aliphatic heterocycles. The van der Waals surface area contributed by atoms with Crippen LogP contribution < -0.4 is 4.90 Å². The zero-order valence-electron chi connectivity index (χ0n) is 17.0. The minimum atomic E-state index is -0.00696. The maximum Gasteiger partial charge on any atom is 0.225 e. The van der Waals surface area contributed by atoms with Gasteiger partial charge in [0.1, 0.15) is 0 Å². The maximum atomic E-state index is 11.8. The van der Waals surface area contributed by atoms with Crippen LogP contribution in [0.15, 0.2) is 65.1 Å². The Kier molecular flexibility index (Phi) is 6.70. The van der Waals surface area contributed by atoms with Crippen LogP contribution in [0.2, 0.25) is 5.02 Å². The first-order valence-electron chi connectivity index (χ1n) is 9.69. The van der Waals surface area contributed by atoms with Crippen LogP contribution in [0.3, 0.4) is 0 Å². The van der Waals surface area contributed by atoms with E-state index in [1.54, 1.807) is 23.6 Å². The van der Waals surface area contributed by atoms with Crippen molar-refractivity contribution in [2.45, 2.75) is 24.8 Å². The Morgan fingerprint density at radius 1 is 1.13 bits per heavy atom. The molecular formula is C22H20ClN5OS2. The van der Waals surface area contributed by atoms with Gasteiger partial charge < -0.3 is 0 Å². The van der Waals surface area contributed by atoms with Crippen LogP contribution in [0.1, 0.15) is 19.5 Å². The molecule has 0 aliphatic carbocycles. The number of carbonyl (C=O) groups is 1. The summed E-state index contributed by atoms with van der Waals surface area (Å²) in [5.41, 5.74) is 2.82. The van der Waals surface area contributed by atoms with Gasteiger partial charge in [-0.3, -0.25) is 14.3 Å². The predicted molar refractivity (Wildman–Crippen MR) is 127 cm³/mol. The van der Waals surface area contributed by atoms with E-state index >= 15 is 0 Å². The summed E-state index contributed by atoms with van der Waals surface area (Å²) in [6.07, 6.45) is 0. The molecule has 9 heteroatoms. The quantitative estimate of drug-likeness (QED) is 0.324. The van der Waals surface area contributed by atoms with Crippen LogP contribution in [0.25, 0.3) is 17.1 Å². The average Bonchev–Trinajstić information content (AvgIpc) is 3.41.